The molecule has 1 aromatic carbocycles. The third kappa shape index (κ3) is 3.20. The molecule has 1 saturated carbocycles. The van der Waals surface area contributed by atoms with E-state index in [1.165, 1.54) is 6.20 Å². The van der Waals surface area contributed by atoms with Crippen LogP contribution in [0.5, 0.6) is 0 Å². The molecule has 2 saturated heterocycles. The van der Waals surface area contributed by atoms with Gasteiger partial charge in [-0.05, 0) is 51.0 Å². The zero-order valence-electron chi connectivity index (χ0n) is 16.7. The summed E-state index contributed by atoms with van der Waals surface area (Å²) in [4.78, 5) is 36.6. The van der Waals surface area contributed by atoms with E-state index in [9.17, 15) is 9.59 Å². The Morgan fingerprint density at radius 2 is 1.72 bits per heavy atom. The van der Waals surface area contributed by atoms with E-state index >= 15 is 0 Å². The number of nitrogens with zero attached hydrogens (tertiary/aromatic N) is 3. The molecule has 2 bridgehead atoms. The molecule has 2 aromatic rings. The summed E-state index contributed by atoms with van der Waals surface area (Å²) in [5, 5.41) is 3.12. The summed E-state index contributed by atoms with van der Waals surface area (Å²) >= 11 is 0. The molecular formula is C23H26N4O2. The van der Waals surface area contributed by atoms with E-state index in [0.29, 0.717) is 11.6 Å². The van der Waals surface area contributed by atoms with E-state index in [2.05, 4.69) is 32.3 Å². The van der Waals surface area contributed by atoms with Crippen LogP contribution in [0.1, 0.15) is 60.3 Å². The molecule has 1 unspecified atom stereocenters. The van der Waals surface area contributed by atoms with Gasteiger partial charge in [0.2, 0.25) is 5.91 Å². The maximum absolute atomic E-state index is 13.5. The topological polar surface area (TPSA) is 75.2 Å². The number of aromatic nitrogens is 2. The van der Waals surface area contributed by atoms with Gasteiger partial charge in [0.15, 0.2) is 0 Å². The summed E-state index contributed by atoms with van der Waals surface area (Å²) in [6.45, 7) is 1.85. The van der Waals surface area contributed by atoms with Crippen LogP contribution in [0, 0.1) is 6.92 Å². The van der Waals surface area contributed by atoms with Crippen molar-refractivity contribution in [2.45, 2.75) is 69.0 Å². The molecule has 5 rings (SSSR count). The zero-order valence-corrected chi connectivity index (χ0v) is 16.7. The van der Waals surface area contributed by atoms with Crippen LogP contribution in [0.25, 0.3) is 0 Å². The molecule has 3 fully saturated rings. The number of carbonyl (C=O) groups is 2. The number of nitrogens with one attached hydrogen (secondary N) is 1. The smallest absolute Gasteiger partial charge is 0.271 e. The van der Waals surface area contributed by atoms with Gasteiger partial charge in [0.05, 0.1) is 17.3 Å². The number of benzene rings is 1. The molecule has 6 nitrogen and oxygen atoms in total. The maximum atomic E-state index is 13.5. The molecule has 6 heteroatoms. The van der Waals surface area contributed by atoms with Crippen molar-refractivity contribution in [1.82, 2.24) is 20.2 Å². The number of hydrogen-bond acceptors (Lipinski definition) is 4. The van der Waals surface area contributed by atoms with Crippen LogP contribution in [0.15, 0.2) is 42.7 Å². The zero-order chi connectivity index (χ0) is 20.0. The first-order valence-corrected chi connectivity index (χ1v) is 10.5. The van der Waals surface area contributed by atoms with Crippen molar-refractivity contribution in [3.63, 3.8) is 0 Å². The molecule has 1 N–H and O–H groups in total. The lowest BCUT2D eigenvalue weighted by Gasteiger charge is -2.41. The monoisotopic (exact) mass is 390 g/mol. The van der Waals surface area contributed by atoms with Crippen LogP contribution in [0.2, 0.25) is 0 Å². The van der Waals surface area contributed by atoms with Crippen molar-refractivity contribution in [2.75, 3.05) is 0 Å². The fourth-order valence-electron chi connectivity index (χ4n) is 5.15. The van der Waals surface area contributed by atoms with Crippen LogP contribution < -0.4 is 5.32 Å². The van der Waals surface area contributed by atoms with Crippen LogP contribution in [-0.2, 0) is 10.2 Å². The molecule has 3 atom stereocenters. The van der Waals surface area contributed by atoms with Crippen molar-refractivity contribution < 1.29 is 9.59 Å². The number of hydrogen-bond donors (Lipinski definition) is 1. The van der Waals surface area contributed by atoms with E-state index in [1.807, 2.05) is 25.1 Å². The van der Waals surface area contributed by atoms with Gasteiger partial charge in [-0.3, -0.25) is 14.6 Å². The van der Waals surface area contributed by atoms with Gasteiger partial charge in [0.1, 0.15) is 5.69 Å². The number of carbonyl (C=O) groups excluding carboxylic acids is 2. The summed E-state index contributed by atoms with van der Waals surface area (Å²) in [6, 6.07) is 10.7. The standard InChI is InChI=1S/C23H26N4O2/c1-15-13-25-20(14-24-15)21(28)26-17-11-18-7-8-19(12-17)27(18)22(29)23(9-10-23)16-5-3-2-4-6-16/h2-6,13-14,17-19H,7-12H2,1H3,(H,26,28)/t17?,18-,19+. The molecule has 29 heavy (non-hydrogen) atoms. The van der Waals surface area contributed by atoms with Crippen LogP contribution in [0.4, 0.5) is 0 Å². The van der Waals surface area contributed by atoms with Crippen molar-refractivity contribution in [2.24, 2.45) is 0 Å². The number of rotatable bonds is 4. The average Bonchev–Trinajstić information content (AvgIpc) is 3.50. The molecule has 0 radical (unpaired) electrons. The lowest BCUT2D eigenvalue weighted by Crippen LogP contribution is -2.54. The quantitative estimate of drug-likeness (QED) is 0.871. The number of piperidine rings is 1. The minimum atomic E-state index is -0.310. The molecule has 150 valence electrons. The number of fused-ring (bicyclic) bond motifs is 2. The van der Waals surface area contributed by atoms with Gasteiger partial charge in [0, 0.05) is 24.3 Å². The Labute approximate surface area is 170 Å². The first-order chi connectivity index (χ1) is 14.1. The molecule has 1 aromatic heterocycles. The minimum absolute atomic E-state index is 0.0824. The van der Waals surface area contributed by atoms with Crippen molar-refractivity contribution in [3.8, 4) is 0 Å². The second kappa shape index (κ2) is 6.94. The normalized spacial score (nSPS) is 26.8. The largest absolute Gasteiger partial charge is 0.348 e. The second-order valence-electron chi connectivity index (χ2n) is 8.73. The Balaban J connectivity index is 1.28. The van der Waals surface area contributed by atoms with Gasteiger partial charge in [-0.15, -0.1) is 0 Å². The molecular weight excluding hydrogens is 364 g/mol. The van der Waals surface area contributed by atoms with Crippen molar-refractivity contribution in [1.29, 1.82) is 0 Å². The number of aryl methyl sites for hydroxylation is 1. The highest BCUT2D eigenvalue weighted by molar-refractivity contribution is 5.93. The Bertz CT molecular complexity index is 910. The van der Waals surface area contributed by atoms with Gasteiger partial charge in [-0.2, -0.15) is 0 Å². The second-order valence-corrected chi connectivity index (χ2v) is 8.73. The molecule has 3 aliphatic rings. The van der Waals surface area contributed by atoms with Gasteiger partial charge in [-0.25, -0.2) is 4.98 Å². The number of amides is 2. The first-order valence-electron chi connectivity index (χ1n) is 10.5. The van der Waals surface area contributed by atoms with E-state index in [-0.39, 0.29) is 29.4 Å². The van der Waals surface area contributed by atoms with Crippen LogP contribution in [-0.4, -0.2) is 44.8 Å². The first kappa shape index (κ1) is 18.3. The average molecular weight is 390 g/mol. The lowest BCUT2D eigenvalue weighted by atomic mass is 9.90. The summed E-state index contributed by atoms with van der Waals surface area (Å²) in [6.07, 6.45) is 8.70. The Morgan fingerprint density at radius 1 is 1.03 bits per heavy atom. The molecule has 2 amide bonds. The van der Waals surface area contributed by atoms with E-state index in [4.69, 9.17) is 0 Å². The van der Waals surface area contributed by atoms with Gasteiger partial charge < -0.3 is 10.2 Å². The molecule has 1 aliphatic carbocycles. The maximum Gasteiger partial charge on any atom is 0.271 e. The summed E-state index contributed by atoms with van der Waals surface area (Å²) < 4.78 is 0. The van der Waals surface area contributed by atoms with Crippen LogP contribution >= 0.6 is 0 Å². The molecule has 0 spiro atoms. The van der Waals surface area contributed by atoms with Crippen molar-refractivity contribution in [3.05, 3.63) is 59.7 Å². The van der Waals surface area contributed by atoms with E-state index < -0.39 is 0 Å². The van der Waals surface area contributed by atoms with Gasteiger partial charge >= 0.3 is 0 Å². The fourth-order valence-corrected chi connectivity index (χ4v) is 5.15. The summed E-state index contributed by atoms with van der Waals surface area (Å²) in [5.41, 5.74) is 1.98. The van der Waals surface area contributed by atoms with Crippen LogP contribution in [0.3, 0.4) is 0 Å². The SMILES string of the molecule is Cc1cnc(C(=O)NC2C[C@H]3CC[C@@H](C2)N3C(=O)C2(c3ccccc3)CC2)cn1. The Kier molecular flexibility index (Phi) is 4.37. The Hall–Kier alpha value is -2.76. The van der Waals surface area contributed by atoms with E-state index in [1.54, 1.807) is 6.20 Å². The molecule has 3 heterocycles. The molecule has 2 aliphatic heterocycles. The highest BCUT2D eigenvalue weighted by Crippen LogP contribution is 2.52. The third-order valence-corrected chi connectivity index (χ3v) is 6.80. The van der Waals surface area contributed by atoms with Gasteiger partial charge in [-0.1, -0.05) is 30.3 Å². The summed E-state index contributed by atoms with van der Waals surface area (Å²) in [7, 11) is 0. The van der Waals surface area contributed by atoms with Crippen molar-refractivity contribution >= 4 is 11.8 Å². The lowest BCUT2D eigenvalue weighted by molar-refractivity contribution is -0.138. The minimum Gasteiger partial charge on any atom is -0.348 e. The van der Waals surface area contributed by atoms with E-state index in [0.717, 1.165) is 49.8 Å². The third-order valence-electron chi connectivity index (χ3n) is 6.80. The fraction of sp³-hybridized carbons (Fsp3) is 0.478. The predicted molar refractivity (Wildman–Crippen MR) is 108 cm³/mol. The van der Waals surface area contributed by atoms with Gasteiger partial charge in [0.25, 0.3) is 5.91 Å². The predicted octanol–water partition coefficient (Wildman–Crippen LogP) is 2.77. The highest BCUT2D eigenvalue weighted by Gasteiger charge is 2.57. The Morgan fingerprint density at radius 3 is 2.31 bits per heavy atom. The highest BCUT2D eigenvalue weighted by atomic mass is 16.2. The summed E-state index contributed by atoms with van der Waals surface area (Å²) in [5.74, 6) is 0.120.